The maximum atomic E-state index is 9.89. The molecule has 0 aromatic carbocycles. The quantitative estimate of drug-likeness (QED) is 0.571. The van der Waals surface area contributed by atoms with Crippen molar-refractivity contribution in [2.24, 2.45) is 0 Å². The van der Waals surface area contributed by atoms with Crippen LogP contribution in [0, 0.1) is 0 Å². The van der Waals surface area contributed by atoms with Crippen LogP contribution in [-0.2, 0) is 0 Å². The highest BCUT2D eigenvalue weighted by atomic mass is 16.3. The number of rotatable bonds is 0. The molecule has 3 heterocycles. The largest absolute Gasteiger partial charge is 0.393 e. The van der Waals surface area contributed by atoms with Crippen LogP contribution in [0.3, 0.4) is 0 Å². The van der Waals surface area contributed by atoms with E-state index >= 15 is 0 Å². The van der Waals surface area contributed by atoms with Gasteiger partial charge in [-0.2, -0.15) is 0 Å². The van der Waals surface area contributed by atoms with Crippen molar-refractivity contribution in [1.82, 2.24) is 0 Å². The van der Waals surface area contributed by atoms with Crippen molar-refractivity contribution in [3.63, 3.8) is 0 Å². The van der Waals surface area contributed by atoms with Gasteiger partial charge in [0.1, 0.15) is 0 Å². The topological polar surface area (TPSA) is 20.2 Å². The van der Waals surface area contributed by atoms with Crippen LogP contribution < -0.4 is 0 Å². The highest BCUT2D eigenvalue weighted by Crippen LogP contribution is 2.45. The van der Waals surface area contributed by atoms with E-state index in [9.17, 15) is 5.11 Å². The minimum absolute atomic E-state index is 0.196. The van der Waals surface area contributed by atoms with E-state index in [1.807, 2.05) is 0 Å². The first-order valence-corrected chi connectivity index (χ1v) is 4.92. The van der Waals surface area contributed by atoms with E-state index in [4.69, 9.17) is 11.0 Å². The van der Waals surface area contributed by atoms with Gasteiger partial charge in [-0.3, -0.25) is 0 Å². The predicted molar refractivity (Wildman–Crippen MR) is 51.3 cm³/mol. The van der Waals surface area contributed by atoms with Crippen LogP contribution in [0.5, 0.6) is 0 Å². The third kappa shape index (κ3) is 1.02. The van der Waals surface area contributed by atoms with Crippen LogP contribution in [0.2, 0.25) is 0 Å². The van der Waals surface area contributed by atoms with Gasteiger partial charge in [0, 0.05) is 43.9 Å². The Morgan fingerprint density at radius 3 is 2.15 bits per heavy atom. The molecule has 3 rings (SSSR count). The first kappa shape index (κ1) is 3.49. The molecule has 0 aromatic heterocycles. The molecule has 3 aliphatic heterocycles. The van der Waals surface area contributed by atoms with Gasteiger partial charge in [0.05, 0.1) is 36.7 Å². The lowest BCUT2D eigenvalue weighted by molar-refractivity contribution is -0.956. The number of piperidine rings is 1. The zero-order chi connectivity index (χ0) is 16.1. The Hall–Kier alpha value is -0.0800. The Morgan fingerprint density at radius 2 is 1.62 bits per heavy atom. The van der Waals surface area contributed by atoms with Crippen molar-refractivity contribution in [2.45, 2.75) is 56.6 Å². The zero-order valence-corrected chi connectivity index (χ0v) is 7.45. The molecule has 3 saturated heterocycles. The summed E-state index contributed by atoms with van der Waals surface area (Å²) in [7, 11) is 0. The van der Waals surface area contributed by atoms with Crippen LogP contribution in [0.15, 0.2) is 0 Å². The van der Waals surface area contributed by atoms with Crippen molar-refractivity contribution in [3.8, 4) is 0 Å². The normalized spacial score (nSPS) is 71.9. The van der Waals surface area contributed by atoms with E-state index < -0.39 is 48.4 Å². The molecular formula is C11H20NO+. The Kier molecular flexibility index (Phi) is 0.727. The van der Waals surface area contributed by atoms with Gasteiger partial charge in [-0.05, 0) is 0 Å². The Labute approximate surface area is 91.4 Å². The first-order chi connectivity index (χ1) is 9.35. The summed E-state index contributed by atoms with van der Waals surface area (Å²) in [5, 5.41) is 9.89. The van der Waals surface area contributed by atoms with E-state index in [1.54, 1.807) is 0 Å². The molecule has 1 spiro atoms. The van der Waals surface area contributed by atoms with Crippen LogP contribution in [-0.4, -0.2) is 40.8 Å². The van der Waals surface area contributed by atoms with Gasteiger partial charge in [0.15, 0.2) is 0 Å². The second-order valence-electron chi connectivity index (χ2n) is 4.26. The second-order valence-corrected chi connectivity index (χ2v) is 4.26. The average molecular weight is 190 g/mol. The summed E-state index contributed by atoms with van der Waals surface area (Å²) in [6, 6.07) is -1.17. The summed E-state index contributed by atoms with van der Waals surface area (Å²) in [4.78, 5) is 0. The van der Waals surface area contributed by atoms with Crippen molar-refractivity contribution < 1.29 is 20.6 Å². The van der Waals surface area contributed by atoms with E-state index in [0.717, 1.165) is 0 Å². The molecule has 2 nitrogen and oxygen atoms in total. The lowest BCUT2D eigenvalue weighted by atomic mass is 9.97. The number of nitrogens with zero attached hydrogens (tertiary/aromatic N) is 1. The predicted octanol–water partition coefficient (Wildman–Crippen LogP) is 1.28. The smallest absolute Gasteiger partial charge is 0.0924 e. The third-order valence-corrected chi connectivity index (χ3v) is 3.62. The molecule has 13 heavy (non-hydrogen) atoms. The maximum Gasteiger partial charge on any atom is 0.0924 e. The Bertz CT molecular complexity index is 437. The second kappa shape index (κ2) is 2.71. The van der Waals surface area contributed by atoms with Gasteiger partial charge in [-0.25, -0.2) is 0 Å². The molecule has 2 heteroatoms. The van der Waals surface area contributed by atoms with E-state index in [0.29, 0.717) is 12.8 Å². The molecule has 3 fully saturated rings. The molecule has 3 aliphatic rings. The van der Waals surface area contributed by atoms with Gasteiger partial charge in [-0.1, -0.05) is 0 Å². The molecule has 0 amide bonds. The average Bonchev–Trinajstić information content (AvgIpc) is 2.59. The molecule has 74 valence electrons. The lowest BCUT2D eigenvalue weighted by Crippen LogP contribution is -2.59. The summed E-state index contributed by atoms with van der Waals surface area (Å²) in [6.07, 6.45) is -5.14. The monoisotopic (exact) mass is 190 g/mol. The number of aliphatic hydroxyl groups excluding tert-OH is 1. The highest BCUT2D eigenvalue weighted by Gasteiger charge is 2.54. The fraction of sp³-hybridized carbons (Fsp3) is 1.00. The summed E-state index contributed by atoms with van der Waals surface area (Å²) in [6.45, 7) is -5.35. The maximum absolute atomic E-state index is 9.89. The van der Waals surface area contributed by atoms with Crippen LogP contribution in [0.25, 0.3) is 0 Å². The minimum atomic E-state index is -2.94. The third-order valence-electron chi connectivity index (χ3n) is 3.62. The molecule has 3 atom stereocenters. The first-order valence-electron chi connectivity index (χ1n) is 8.92. The molecule has 0 radical (unpaired) electrons. The van der Waals surface area contributed by atoms with Gasteiger partial charge >= 0.3 is 0 Å². The Morgan fingerprint density at radius 1 is 1.08 bits per heavy atom. The van der Waals surface area contributed by atoms with Gasteiger partial charge in [0.2, 0.25) is 0 Å². The zero-order valence-electron chi connectivity index (χ0n) is 15.5. The number of hydrogen-bond acceptors (Lipinski definition) is 1. The molecule has 0 aliphatic carbocycles. The Balaban J connectivity index is 2.27. The molecule has 1 N–H and O–H groups in total. The summed E-state index contributed by atoms with van der Waals surface area (Å²) < 4.78 is 64.3. The van der Waals surface area contributed by atoms with Crippen molar-refractivity contribution in [1.29, 1.82) is 0 Å². The summed E-state index contributed by atoms with van der Waals surface area (Å²) >= 11 is 0. The number of hydrogen-bond donors (Lipinski definition) is 1. The molecule has 0 saturated carbocycles. The van der Waals surface area contributed by atoms with E-state index in [1.165, 1.54) is 0 Å². The van der Waals surface area contributed by atoms with Crippen molar-refractivity contribution >= 4 is 0 Å². The van der Waals surface area contributed by atoms with Gasteiger partial charge < -0.3 is 9.59 Å². The van der Waals surface area contributed by atoms with Gasteiger partial charge in [0.25, 0.3) is 0 Å². The van der Waals surface area contributed by atoms with Crippen molar-refractivity contribution in [2.75, 3.05) is 13.0 Å². The standard InChI is InChI=1S/C11H20NO/c13-11-7-9-3-4-10(8-11)12(9)5-1-2-6-12/h9-11,13H,1-8H2/q+1/t9-,10+,11?/i1D2,2D2,5D2,6D2. The van der Waals surface area contributed by atoms with Crippen LogP contribution >= 0.6 is 0 Å². The van der Waals surface area contributed by atoms with E-state index in [2.05, 4.69) is 0 Å². The number of quaternary nitrogens is 1. The molecule has 2 bridgehead atoms. The van der Waals surface area contributed by atoms with Crippen LogP contribution in [0.4, 0.5) is 0 Å². The van der Waals surface area contributed by atoms with Crippen LogP contribution in [0.1, 0.15) is 49.4 Å². The lowest BCUT2D eigenvalue weighted by Gasteiger charge is -2.46. The SMILES string of the molecule is [2H]C1([2H])C([2H])([2H])C([2H])([2H])[N+]2([C@@H]3CC[C@H]2CC(O)C3)C1([2H])[2H]. The fourth-order valence-corrected chi connectivity index (χ4v) is 3.02. The van der Waals surface area contributed by atoms with Crippen molar-refractivity contribution in [3.05, 3.63) is 0 Å². The summed E-state index contributed by atoms with van der Waals surface area (Å²) in [5.74, 6) is 0. The van der Waals surface area contributed by atoms with E-state index in [-0.39, 0.29) is 12.8 Å². The fourth-order valence-electron chi connectivity index (χ4n) is 3.02. The molecule has 0 aromatic rings. The highest BCUT2D eigenvalue weighted by molar-refractivity contribution is 4.87. The molecular weight excluding hydrogens is 162 g/mol. The summed E-state index contributed by atoms with van der Waals surface area (Å²) in [5.41, 5.74) is 0. The molecule has 1 unspecified atom stereocenters. The number of aliphatic hydroxyl groups is 1. The van der Waals surface area contributed by atoms with Gasteiger partial charge in [-0.15, -0.1) is 0 Å². The minimum Gasteiger partial charge on any atom is -0.393 e.